The third-order valence-corrected chi connectivity index (χ3v) is 4.92. The van der Waals surface area contributed by atoms with Crippen molar-refractivity contribution in [3.05, 3.63) is 23.7 Å². The fourth-order valence-electron chi connectivity index (χ4n) is 3.59. The number of aryl methyl sites for hydroxylation is 1. The van der Waals surface area contributed by atoms with Crippen molar-refractivity contribution < 1.29 is 9.21 Å². The molecule has 1 amide bonds. The van der Waals surface area contributed by atoms with Crippen molar-refractivity contribution in [2.24, 2.45) is 17.6 Å². The molecule has 4 nitrogen and oxygen atoms in total. The zero-order valence-corrected chi connectivity index (χ0v) is 11.9. The normalized spacial score (nSPS) is 29.8. The highest BCUT2D eigenvalue weighted by molar-refractivity contribution is 5.79. The standard InChI is InChI=1S/C16H24N2O2/c17-10-11-4-6-12(7-5-11)16(19)18-14-2-1-3-15-13(14)8-9-20-15/h8-9,11-12,14H,1-7,10,17H2,(H,18,19). The summed E-state index contributed by atoms with van der Waals surface area (Å²) in [7, 11) is 0. The molecule has 0 radical (unpaired) electrons. The first-order chi connectivity index (χ1) is 9.78. The van der Waals surface area contributed by atoms with E-state index < -0.39 is 0 Å². The third-order valence-electron chi connectivity index (χ3n) is 4.92. The first-order valence-corrected chi connectivity index (χ1v) is 7.84. The second-order valence-corrected chi connectivity index (χ2v) is 6.21. The molecule has 4 heteroatoms. The van der Waals surface area contributed by atoms with Crippen LogP contribution in [0.4, 0.5) is 0 Å². The molecule has 1 unspecified atom stereocenters. The van der Waals surface area contributed by atoms with Gasteiger partial charge in [0.2, 0.25) is 5.91 Å². The SMILES string of the molecule is NCC1CCC(C(=O)NC2CCCc3occc32)CC1. The summed E-state index contributed by atoms with van der Waals surface area (Å²) in [4.78, 5) is 12.4. The van der Waals surface area contributed by atoms with Crippen LogP contribution in [0.15, 0.2) is 16.7 Å². The maximum atomic E-state index is 12.4. The van der Waals surface area contributed by atoms with Crippen molar-refractivity contribution in [3.63, 3.8) is 0 Å². The number of nitrogens with two attached hydrogens (primary N) is 1. The minimum Gasteiger partial charge on any atom is -0.469 e. The Morgan fingerprint density at radius 3 is 2.85 bits per heavy atom. The average Bonchev–Trinajstić information content (AvgIpc) is 2.97. The largest absolute Gasteiger partial charge is 0.469 e. The van der Waals surface area contributed by atoms with Gasteiger partial charge >= 0.3 is 0 Å². The number of hydrogen-bond donors (Lipinski definition) is 2. The average molecular weight is 276 g/mol. The molecule has 3 rings (SSSR count). The lowest BCUT2D eigenvalue weighted by Gasteiger charge is -2.29. The van der Waals surface area contributed by atoms with Crippen LogP contribution in [0.25, 0.3) is 0 Å². The van der Waals surface area contributed by atoms with Crippen LogP contribution in [0.1, 0.15) is 55.9 Å². The van der Waals surface area contributed by atoms with Crippen LogP contribution in [0.3, 0.4) is 0 Å². The first kappa shape index (κ1) is 13.7. The fourth-order valence-corrected chi connectivity index (χ4v) is 3.59. The van der Waals surface area contributed by atoms with Gasteiger partial charge in [-0.3, -0.25) is 4.79 Å². The van der Waals surface area contributed by atoms with Crippen molar-refractivity contribution >= 4 is 5.91 Å². The predicted octanol–water partition coefficient (Wildman–Crippen LogP) is 2.54. The third kappa shape index (κ3) is 2.75. The summed E-state index contributed by atoms with van der Waals surface area (Å²) in [6.07, 6.45) is 9.00. The molecule has 1 fully saturated rings. The molecule has 0 aliphatic heterocycles. The maximum Gasteiger partial charge on any atom is 0.223 e. The van der Waals surface area contributed by atoms with Gasteiger partial charge in [-0.25, -0.2) is 0 Å². The van der Waals surface area contributed by atoms with Gasteiger partial charge in [0, 0.05) is 17.9 Å². The molecule has 2 aliphatic rings. The van der Waals surface area contributed by atoms with Crippen molar-refractivity contribution in [1.82, 2.24) is 5.32 Å². The number of furan rings is 1. The number of carbonyl (C=O) groups is 1. The molecule has 1 aromatic rings. The van der Waals surface area contributed by atoms with Gasteiger partial charge < -0.3 is 15.5 Å². The van der Waals surface area contributed by atoms with Crippen LogP contribution in [0.2, 0.25) is 0 Å². The van der Waals surface area contributed by atoms with Gasteiger partial charge in [0.05, 0.1) is 12.3 Å². The van der Waals surface area contributed by atoms with E-state index in [0.717, 1.165) is 57.3 Å². The minimum atomic E-state index is 0.150. The summed E-state index contributed by atoms with van der Waals surface area (Å²) < 4.78 is 5.48. The molecule has 3 N–H and O–H groups in total. The highest BCUT2D eigenvalue weighted by Gasteiger charge is 2.29. The Morgan fingerprint density at radius 1 is 1.30 bits per heavy atom. The summed E-state index contributed by atoms with van der Waals surface area (Å²) in [5.74, 6) is 2.07. The summed E-state index contributed by atoms with van der Waals surface area (Å²) >= 11 is 0. The van der Waals surface area contributed by atoms with Gasteiger partial charge in [0.25, 0.3) is 0 Å². The molecule has 1 heterocycles. The smallest absolute Gasteiger partial charge is 0.223 e. The van der Waals surface area contributed by atoms with E-state index in [4.69, 9.17) is 10.2 Å². The Balaban J connectivity index is 1.58. The van der Waals surface area contributed by atoms with Gasteiger partial charge in [0.15, 0.2) is 0 Å². The second-order valence-electron chi connectivity index (χ2n) is 6.21. The van der Waals surface area contributed by atoms with Crippen LogP contribution in [-0.4, -0.2) is 12.5 Å². The van der Waals surface area contributed by atoms with E-state index in [-0.39, 0.29) is 17.9 Å². The highest BCUT2D eigenvalue weighted by Crippen LogP contribution is 2.32. The molecular weight excluding hydrogens is 252 g/mol. The molecule has 110 valence electrons. The van der Waals surface area contributed by atoms with Crippen LogP contribution < -0.4 is 11.1 Å². The molecule has 1 aromatic heterocycles. The quantitative estimate of drug-likeness (QED) is 0.891. The van der Waals surface area contributed by atoms with E-state index in [0.29, 0.717) is 5.92 Å². The molecule has 0 spiro atoms. The molecule has 0 saturated heterocycles. The molecule has 1 atom stereocenters. The fraction of sp³-hybridized carbons (Fsp3) is 0.688. The first-order valence-electron chi connectivity index (χ1n) is 7.84. The molecule has 0 aromatic carbocycles. The van der Waals surface area contributed by atoms with Gasteiger partial charge in [-0.1, -0.05) is 0 Å². The van der Waals surface area contributed by atoms with Gasteiger partial charge in [-0.05, 0) is 57.1 Å². The van der Waals surface area contributed by atoms with E-state index in [1.807, 2.05) is 6.07 Å². The zero-order chi connectivity index (χ0) is 13.9. The van der Waals surface area contributed by atoms with Gasteiger partial charge in [-0.15, -0.1) is 0 Å². The Bertz CT molecular complexity index is 461. The van der Waals surface area contributed by atoms with E-state index in [1.165, 1.54) is 5.56 Å². The molecule has 20 heavy (non-hydrogen) atoms. The molecule has 2 aliphatic carbocycles. The Hall–Kier alpha value is -1.29. The Kier molecular flexibility index (Phi) is 4.10. The van der Waals surface area contributed by atoms with E-state index in [1.54, 1.807) is 6.26 Å². The van der Waals surface area contributed by atoms with E-state index in [9.17, 15) is 4.79 Å². The highest BCUT2D eigenvalue weighted by atomic mass is 16.3. The van der Waals surface area contributed by atoms with Crippen LogP contribution in [0.5, 0.6) is 0 Å². The summed E-state index contributed by atoms with van der Waals surface area (Å²) in [5, 5.41) is 3.23. The van der Waals surface area contributed by atoms with Gasteiger partial charge in [-0.2, -0.15) is 0 Å². The number of fused-ring (bicyclic) bond motifs is 1. The van der Waals surface area contributed by atoms with Crippen molar-refractivity contribution in [3.8, 4) is 0 Å². The lowest BCUT2D eigenvalue weighted by atomic mass is 9.81. The van der Waals surface area contributed by atoms with Crippen LogP contribution >= 0.6 is 0 Å². The van der Waals surface area contributed by atoms with E-state index >= 15 is 0 Å². The second kappa shape index (κ2) is 6.00. The van der Waals surface area contributed by atoms with Crippen molar-refractivity contribution in [2.45, 2.75) is 51.0 Å². The van der Waals surface area contributed by atoms with Crippen molar-refractivity contribution in [1.29, 1.82) is 0 Å². The van der Waals surface area contributed by atoms with Crippen molar-refractivity contribution in [2.75, 3.05) is 6.54 Å². The number of hydrogen-bond acceptors (Lipinski definition) is 3. The number of nitrogens with one attached hydrogen (secondary N) is 1. The monoisotopic (exact) mass is 276 g/mol. The molecular formula is C16H24N2O2. The summed E-state index contributed by atoms with van der Waals surface area (Å²) in [6, 6.07) is 2.15. The van der Waals surface area contributed by atoms with Crippen LogP contribution in [-0.2, 0) is 11.2 Å². The predicted molar refractivity (Wildman–Crippen MR) is 77.0 cm³/mol. The Morgan fingerprint density at radius 2 is 2.10 bits per heavy atom. The van der Waals surface area contributed by atoms with E-state index in [2.05, 4.69) is 5.32 Å². The number of rotatable bonds is 3. The zero-order valence-electron chi connectivity index (χ0n) is 11.9. The Labute approximate surface area is 120 Å². The lowest BCUT2D eigenvalue weighted by Crippen LogP contribution is -2.37. The van der Waals surface area contributed by atoms with Gasteiger partial charge in [0.1, 0.15) is 5.76 Å². The summed E-state index contributed by atoms with van der Waals surface area (Å²) in [5.41, 5.74) is 6.89. The number of amides is 1. The molecule has 1 saturated carbocycles. The number of carbonyl (C=O) groups excluding carboxylic acids is 1. The maximum absolute atomic E-state index is 12.4. The summed E-state index contributed by atoms with van der Waals surface area (Å²) in [6.45, 7) is 0.759. The van der Waals surface area contributed by atoms with Crippen LogP contribution in [0, 0.1) is 11.8 Å². The lowest BCUT2D eigenvalue weighted by molar-refractivity contribution is -0.127. The molecule has 0 bridgehead atoms. The minimum absolute atomic E-state index is 0.150. The topological polar surface area (TPSA) is 68.3 Å².